The lowest BCUT2D eigenvalue weighted by molar-refractivity contribution is 0.395. The van der Waals surface area contributed by atoms with Crippen LogP contribution in [0, 0.1) is 5.41 Å². The zero-order chi connectivity index (χ0) is 13.1. The summed E-state index contributed by atoms with van der Waals surface area (Å²) in [4.78, 5) is 4.39. The minimum atomic E-state index is -0.162. The number of nitrogens with zero attached hydrogens (tertiary/aromatic N) is 1. The third-order valence-electron chi connectivity index (χ3n) is 2.40. The number of amidine groups is 1. The quantitative estimate of drug-likeness (QED) is 0.648. The molecule has 17 heavy (non-hydrogen) atoms. The zero-order valence-electron chi connectivity index (χ0n) is 11.1. The van der Waals surface area contributed by atoms with Crippen LogP contribution in [0.4, 0.5) is 5.69 Å². The molecule has 0 heterocycles. The lowest BCUT2D eigenvalue weighted by Crippen LogP contribution is -2.28. The molecule has 1 aromatic rings. The normalized spacial score (nSPS) is 12.4. The fourth-order valence-electron chi connectivity index (χ4n) is 1.17. The molecule has 1 aromatic carbocycles. The van der Waals surface area contributed by atoms with E-state index in [2.05, 4.69) is 4.99 Å². The maximum atomic E-state index is 5.94. The summed E-state index contributed by atoms with van der Waals surface area (Å²) >= 11 is 0. The molecule has 0 atom stereocenters. The van der Waals surface area contributed by atoms with Gasteiger partial charge in [0.1, 0.15) is 23.0 Å². The second-order valence-corrected chi connectivity index (χ2v) is 4.78. The van der Waals surface area contributed by atoms with Gasteiger partial charge in [-0.1, -0.05) is 20.8 Å². The van der Waals surface area contributed by atoms with Crippen LogP contribution in [-0.2, 0) is 0 Å². The fraction of sp³-hybridized carbons (Fsp3) is 0.462. The van der Waals surface area contributed by atoms with Crippen molar-refractivity contribution in [3.05, 3.63) is 18.2 Å². The summed E-state index contributed by atoms with van der Waals surface area (Å²) < 4.78 is 10.4. The topological polar surface area (TPSA) is 56.8 Å². The number of ether oxygens (including phenoxy) is 2. The highest BCUT2D eigenvalue weighted by Crippen LogP contribution is 2.32. The van der Waals surface area contributed by atoms with Crippen molar-refractivity contribution in [1.29, 1.82) is 0 Å². The first kappa shape index (κ1) is 13.4. The summed E-state index contributed by atoms with van der Waals surface area (Å²) in [6, 6.07) is 5.45. The Kier molecular flexibility index (Phi) is 3.99. The lowest BCUT2D eigenvalue weighted by atomic mass is 9.95. The lowest BCUT2D eigenvalue weighted by Gasteiger charge is -2.18. The van der Waals surface area contributed by atoms with Crippen LogP contribution in [-0.4, -0.2) is 20.1 Å². The van der Waals surface area contributed by atoms with Gasteiger partial charge in [0, 0.05) is 11.5 Å². The van der Waals surface area contributed by atoms with Crippen LogP contribution in [0.2, 0.25) is 0 Å². The van der Waals surface area contributed by atoms with Gasteiger partial charge < -0.3 is 15.2 Å². The third kappa shape index (κ3) is 3.37. The van der Waals surface area contributed by atoms with Gasteiger partial charge in [0.25, 0.3) is 0 Å². The molecule has 0 spiro atoms. The average Bonchev–Trinajstić information content (AvgIpc) is 2.28. The second-order valence-electron chi connectivity index (χ2n) is 4.78. The first-order valence-electron chi connectivity index (χ1n) is 5.45. The van der Waals surface area contributed by atoms with Gasteiger partial charge in [-0.15, -0.1) is 0 Å². The van der Waals surface area contributed by atoms with E-state index < -0.39 is 0 Å². The van der Waals surface area contributed by atoms with Crippen molar-refractivity contribution < 1.29 is 9.47 Å². The standard InChI is InChI=1S/C13H20N2O2/c1-13(2,3)12(14)15-10-7-6-9(16-4)8-11(10)17-5/h6-8H,1-5H3,(H2,14,15). The van der Waals surface area contributed by atoms with Gasteiger partial charge in [0.15, 0.2) is 0 Å². The molecule has 0 fully saturated rings. The summed E-state index contributed by atoms with van der Waals surface area (Å²) in [5, 5.41) is 0. The van der Waals surface area contributed by atoms with Gasteiger partial charge in [-0.05, 0) is 12.1 Å². The van der Waals surface area contributed by atoms with Crippen molar-refractivity contribution in [2.24, 2.45) is 16.1 Å². The molecule has 0 amide bonds. The Bertz CT molecular complexity index is 420. The molecule has 1 rings (SSSR count). The zero-order valence-corrected chi connectivity index (χ0v) is 11.1. The highest BCUT2D eigenvalue weighted by Gasteiger charge is 2.16. The second kappa shape index (κ2) is 5.08. The molecule has 0 aliphatic carbocycles. The number of nitrogens with two attached hydrogens (primary N) is 1. The van der Waals surface area contributed by atoms with E-state index in [0.717, 1.165) is 5.75 Å². The Morgan fingerprint density at radius 1 is 1.18 bits per heavy atom. The Hall–Kier alpha value is -1.71. The number of rotatable bonds is 3. The highest BCUT2D eigenvalue weighted by molar-refractivity contribution is 5.88. The first-order chi connectivity index (χ1) is 7.88. The predicted molar refractivity (Wildman–Crippen MR) is 70.3 cm³/mol. The van der Waals surface area contributed by atoms with Crippen molar-refractivity contribution in [2.75, 3.05) is 14.2 Å². The van der Waals surface area contributed by atoms with E-state index in [-0.39, 0.29) is 5.41 Å². The number of benzene rings is 1. The Balaban J connectivity index is 3.15. The summed E-state index contributed by atoms with van der Waals surface area (Å²) in [6.45, 7) is 6.05. The fourth-order valence-corrected chi connectivity index (χ4v) is 1.17. The Morgan fingerprint density at radius 3 is 2.29 bits per heavy atom. The van der Waals surface area contributed by atoms with Crippen LogP contribution in [0.25, 0.3) is 0 Å². The molecule has 0 aliphatic heterocycles. The van der Waals surface area contributed by atoms with Gasteiger partial charge >= 0.3 is 0 Å². The summed E-state index contributed by atoms with van der Waals surface area (Å²) in [6.07, 6.45) is 0. The van der Waals surface area contributed by atoms with Crippen molar-refractivity contribution in [1.82, 2.24) is 0 Å². The smallest absolute Gasteiger partial charge is 0.148 e. The molecule has 4 heteroatoms. The van der Waals surface area contributed by atoms with Crippen molar-refractivity contribution >= 4 is 11.5 Å². The van der Waals surface area contributed by atoms with E-state index in [4.69, 9.17) is 15.2 Å². The van der Waals surface area contributed by atoms with Gasteiger partial charge in [-0.2, -0.15) is 0 Å². The number of methoxy groups -OCH3 is 2. The molecule has 0 unspecified atom stereocenters. The van der Waals surface area contributed by atoms with Crippen molar-refractivity contribution in [2.45, 2.75) is 20.8 Å². The Labute approximate surface area is 102 Å². The minimum absolute atomic E-state index is 0.162. The average molecular weight is 236 g/mol. The maximum Gasteiger partial charge on any atom is 0.148 e. The van der Waals surface area contributed by atoms with Gasteiger partial charge in [0.05, 0.1) is 14.2 Å². The molecular weight excluding hydrogens is 216 g/mol. The minimum Gasteiger partial charge on any atom is -0.497 e. The summed E-state index contributed by atoms with van der Waals surface area (Å²) in [5.74, 6) is 1.95. The van der Waals surface area contributed by atoms with Crippen LogP contribution < -0.4 is 15.2 Å². The van der Waals surface area contributed by atoms with E-state index in [9.17, 15) is 0 Å². The first-order valence-corrected chi connectivity index (χ1v) is 5.45. The molecule has 0 saturated heterocycles. The molecule has 0 bridgehead atoms. The van der Waals surface area contributed by atoms with E-state index in [1.165, 1.54) is 0 Å². The largest absolute Gasteiger partial charge is 0.497 e. The molecule has 0 aromatic heterocycles. The molecule has 4 nitrogen and oxygen atoms in total. The molecule has 0 aliphatic rings. The highest BCUT2D eigenvalue weighted by atomic mass is 16.5. The summed E-state index contributed by atoms with van der Waals surface area (Å²) in [5.41, 5.74) is 6.49. The molecule has 0 radical (unpaired) electrons. The van der Waals surface area contributed by atoms with Crippen LogP contribution in [0.3, 0.4) is 0 Å². The molecular formula is C13H20N2O2. The predicted octanol–water partition coefficient (Wildman–Crippen LogP) is 2.74. The number of hydrogen-bond donors (Lipinski definition) is 1. The van der Waals surface area contributed by atoms with E-state index in [0.29, 0.717) is 17.3 Å². The van der Waals surface area contributed by atoms with Crippen molar-refractivity contribution in [3.63, 3.8) is 0 Å². The van der Waals surface area contributed by atoms with Gasteiger partial charge in [-0.25, -0.2) is 4.99 Å². The van der Waals surface area contributed by atoms with Gasteiger partial charge in [0.2, 0.25) is 0 Å². The molecule has 94 valence electrons. The maximum absolute atomic E-state index is 5.94. The number of hydrogen-bond acceptors (Lipinski definition) is 3. The van der Waals surface area contributed by atoms with E-state index in [1.807, 2.05) is 32.9 Å². The van der Waals surface area contributed by atoms with Crippen LogP contribution in [0.1, 0.15) is 20.8 Å². The van der Waals surface area contributed by atoms with Crippen LogP contribution >= 0.6 is 0 Å². The van der Waals surface area contributed by atoms with Crippen molar-refractivity contribution in [3.8, 4) is 11.5 Å². The third-order valence-corrected chi connectivity index (χ3v) is 2.40. The Morgan fingerprint density at radius 2 is 1.82 bits per heavy atom. The van der Waals surface area contributed by atoms with Crippen LogP contribution in [0.5, 0.6) is 11.5 Å². The van der Waals surface area contributed by atoms with E-state index >= 15 is 0 Å². The van der Waals surface area contributed by atoms with Gasteiger partial charge in [-0.3, -0.25) is 0 Å². The summed E-state index contributed by atoms with van der Waals surface area (Å²) in [7, 11) is 3.21. The number of aliphatic imine (C=N–C) groups is 1. The molecule has 2 N–H and O–H groups in total. The molecule has 0 saturated carbocycles. The van der Waals surface area contributed by atoms with Crippen LogP contribution in [0.15, 0.2) is 23.2 Å². The van der Waals surface area contributed by atoms with E-state index in [1.54, 1.807) is 20.3 Å². The SMILES string of the molecule is COc1ccc(N=C(N)C(C)(C)C)c(OC)c1. The monoisotopic (exact) mass is 236 g/mol.